The van der Waals surface area contributed by atoms with Gasteiger partial charge >= 0.3 is 0 Å². The topological polar surface area (TPSA) is 63.2 Å². The van der Waals surface area contributed by atoms with Crippen LogP contribution in [0.4, 0.5) is 0 Å². The Morgan fingerprint density at radius 3 is 1.63 bits per heavy atom. The number of alkyl halides is 3. The van der Waals surface area contributed by atoms with Crippen LogP contribution in [0.1, 0.15) is 5.56 Å². The first-order chi connectivity index (χ1) is 14.0. The van der Waals surface area contributed by atoms with Crippen molar-refractivity contribution in [2.45, 2.75) is 21.4 Å². The van der Waals surface area contributed by atoms with Crippen LogP contribution in [0.3, 0.4) is 0 Å². The third-order valence-corrected chi connectivity index (χ3v) is 10.7. The van der Waals surface area contributed by atoms with Crippen LogP contribution in [0.2, 0.25) is 0 Å². The van der Waals surface area contributed by atoms with Crippen molar-refractivity contribution >= 4 is 62.6 Å². The SMILES string of the molecule is Cc1ccc(S(=O)(=O)NC(C(Cl)(Cl)Cl)P(=O)(c2ccccc2)c2ccccc2)cc1. The number of aryl methyl sites for hydroxylation is 1. The minimum atomic E-state index is -4.13. The number of nitrogens with one attached hydrogen (secondary N) is 1. The van der Waals surface area contributed by atoms with Crippen molar-refractivity contribution in [3.05, 3.63) is 90.5 Å². The Morgan fingerprint density at radius 1 is 0.800 bits per heavy atom. The first kappa shape index (κ1) is 23.3. The van der Waals surface area contributed by atoms with Crippen molar-refractivity contribution in [2.24, 2.45) is 0 Å². The van der Waals surface area contributed by atoms with Gasteiger partial charge in [0, 0.05) is 10.6 Å². The predicted molar refractivity (Wildman–Crippen MR) is 125 cm³/mol. The van der Waals surface area contributed by atoms with Crippen LogP contribution in [0, 0.1) is 6.92 Å². The number of hydrogen-bond acceptors (Lipinski definition) is 3. The van der Waals surface area contributed by atoms with Crippen LogP contribution in [-0.4, -0.2) is 18.0 Å². The smallest absolute Gasteiger partial charge is 0.241 e. The van der Waals surface area contributed by atoms with E-state index in [0.717, 1.165) is 5.56 Å². The van der Waals surface area contributed by atoms with Crippen LogP contribution >= 0.6 is 41.9 Å². The van der Waals surface area contributed by atoms with E-state index in [0.29, 0.717) is 10.6 Å². The number of rotatable bonds is 6. The van der Waals surface area contributed by atoms with Gasteiger partial charge in [-0.1, -0.05) is 113 Å². The molecule has 3 aromatic rings. The molecule has 9 heteroatoms. The summed E-state index contributed by atoms with van der Waals surface area (Å²) in [6, 6.07) is 23.1. The van der Waals surface area contributed by atoms with Gasteiger partial charge in [0.2, 0.25) is 13.8 Å². The fourth-order valence-corrected chi connectivity index (χ4v) is 9.27. The lowest BCUT2D eigenvalue weighted by Gasteiger charge is -2.33. The predicted octanol–water partition coefficient (Wildman–Crippen LogP) is 4.98. The van der Waals surface area contributed by atoms with Crippen LogP contribution in [0.25, 0.3) is 0 Å². The normalized spacial score (nSPS) is 13.7. The van der Waals surface area contributed by atoms with E-state index in [-0.39, 0.29) is 4.90 Å². The fraction of sp³-hybridized carbons (Fsp3) is 0.143. The Hall–Kier alpha value is -1.33. The molecule has 0 spiro atoms. The van der Waals surface area contributed by atoms with E-state index >= 15 is 0 Å². The molecular weight excluding hydrogens is 484 g/mol. The molecule has 0 saturated heterocycles. The molecule has 0 aliphatic rings. The summed E-state index contributed by atoms with van der Waals surface area (Å²) >= 11 is 18.7. The van der Waals surface area contributed by atoms with E-state index < -0.39 is 26.7 Å². The molecular formula is C21H19Cl3NO3PS. The highest BCUT2D eigenvalue weighted by atomic mass is 35.6. The van der Waals surface area contributed by atoms with Crippen molar-refractivity contribution < 1.29 is 13.0 Å². The third-order valence-electron chi connectivity index (χ3n) is 4.55. The molecule has 1 atom stereocenters. The van der Waals surface area contributed by atoms with Crippen molar-refractivity contribution in [1.82, 2.24) is 4.72 Å². The second-order valence-corrected chi connectivity index (χ2v) is 13.7. The van der Waals surface area contributed by atoms with Gasteiger partial charge in [0.15, 0.2) is 7.14 Å². The van der Waals surface area contributed by atoms with E-state index in [4.69, 9.17) is 34.8 Å². The molecule has 30 heavy (non-hydrogen) atoms. The molecule has 0 saturated carbocycles. The lowest BCUT2D eigenvalue weighted by molar-refractivity contribution is 0.557. The Bertz CT molecular complexity index is 1110. The summed E-state index contributed by atoms with van der Waals surface area (Å²) in [5, 5.41) is 0.748. The molecule has 4 nitrogen and oxygen atoms in total. The molecule has 1 N–H and O–H groups in total. The second kappa shape index (κ2) is 9.04. The van der Waals surface area contributed by atoms with Gasteiger partial charge in [0.1, 0.15) is 5.78 Å². The van der Waals surface area contributed by atoms with Gasteiger partial charge in [-0.15, -0.1) is 0 Å². The highest BCUT2D eigenvalue weighted by Gasteiger charge is 2.50. The molecule has 0 aliphatic carbocycles. The first-order valence-electron chi connectivity index (χ1n) is 8.92. The van der Waals surface area contributed by atoms with Crippen molar-refractivity contribution in [3.63, 3.8) is 0 Å². The van der Waals surface area contributed by atoms with Crippen LogP contribution in [0.15, 0.2) is 89.8 Å². The summed E-state index contributed by atoms with van der Waals surface area (Å²) in [5.74, 6) is -1.54. The molecule has 0 aliphatic heterocycles. The molecule has 3 aromatic carbocycles. The molecule has 158 valence electrons. The molecule has 0 heterocycles. The summed E-state index contributed by atoms with van der Waals surface area (Å²) in [5.41, 5.74) is 0.895. The van der Waals surface area contributed by atoms with Crippen molar-refractivity contribution in [3.8, 4) is 0 Å². The summed E-state index contributed by atoms with van der Waals surface area (Å²) < 4.78 is 41.0. The summed E-state index contributed by atoms with van der Waals surface area (Å²) in [4.78, 5) is -0.0139. The van der Waals surface area contributed by atoms with Crippen LogP contribution in [-0.2, 0) is 14.6 Å². The van der Waals surface area contributed by atoms with Gasteiger partial charge in [-0.3, -0.25) is 0 Å². The maximum atomic E-state index is 14.5. The van der Waals surface area contributed by atoms with Gasteiger partial charge in [-0.2, -0.15) is 4.72 Å². The average molecular weight is 503 g/mol. The zero-order chi connectivity index (χ0) is 22.0. The van der Waals surface area contributed by atoms with Gasteiger partial charge in [-0.25, -0.2) is 8.42 Å². The lowest BCUT2D eigenvalue weighted by atomic mass is 10.2. The van der Waals surface area contributed by atoms with Crippen molar-refractivity contribution in [2.75, 3.05) is 0 Å². The number of halogens is 3. The highest BCUT2D eigenvalue weighted by molar-refractivity contribution is 7.90. The first-order valence-corrected chi connectivity index (χ1v) is 13.3. The van der Waals surface area contributed by atoms with E-state index in [1.807, 2.05) is 6.92 Å². The Balaban J connectivity index is 2.19. The second-order valence-electron chi connectivity index (χ2n) is 6.71. The third kappa shape index (κ3) is 4.94. The fourth-order valence-electron chi connectivity index (χ4n) is 3.03. The highest BCUT2D eigenvalue weighted by Crippen LogP contribution is 2.56. The van der Waals surface area contributed by atoms with Gasteiger partial charge in [0.05, 0.1) is 4.90 Å². The van der Waals surface area contributed by atoms with Crippen LogP contribution in [0.5, 0.6) is 0 Å². The standard InChI is InChI=1S/C21H19Cl3NO3PS/c1-16-12-14-19(15-13-16)30(27,28)25-20(21(22,23)24)29(26,17-8-4-2-5-9-17)18-10-6-3-7-11-18/h2-15,20,25H,1H3. The maximum absolute atomic E-state index is 14.5. The number of benzene rings is 3. The monoisotopic (exact) mass is 501 g/mol. The van der Waals surface area contributed by atoms with E-state index in [1.165, 1.54) is 12.1 Å². The molecule has 3 rings (SSSR count). The molecule has 0 bridgehead atoms. The maximum Gasteiger partial charge on any atom is 0.241 e. The Kier molecular flexibility index (Phi) is 7.03. The van der Waals surface area contributed by atoms with Gasteiger partial charge in [0.25, 0.3) is 0 Å². The minimum absolute atomic E-state index is 0.0139. The van der Waals surface area contributed by atoms with Crippen molar-refractivity contribution in [1.29, 1.82) is 0 Å². The number of hydrogen-bond donors (Lipinski definition) is 1. The Labute approximate surface area is 191 Å². The lowest BCUT2D eigenvalue weighted by Crippen LogP contribution is -2.47. The Morgan fingerprint density at radius 2 is 1.23 bits per heavy atom. The van der Waals surface area contributed by atoms with E-state index in [2.05, 4.69) is 4.72 Å². The van der Waals surface area contributed by atoms with Crippen LogP contribution < -0.4 is 15.3 Å². The zero-order valence-electron chi connectivity index (χ0n) is 15.9. The van der Waals surface area contributed by atoms with E-state index in [9.17, 15) is 13.0 Å². The molecule has 0 aromatic heterocycles. The molecule has 0 fully saturated rings. The zero-order valence-corrected chi connectivity index (χ0v) is 19.9. The summed E-state index contributed by atoms with van der Waals surface area (Å²) in [6.45, 7) is 1.84. The van der Waals surface area contributed by atoms with Gasteiger partial charge < -0.3 is 4.57 Å². The van der Waals surface area contributed by atoms with E-state index in [1.54, 1.807) is 72.8 Å². The molecule has 0 amide bonds. The average Bonchev–Trinajstić information content (AvgIpc) is 2.72. The summed E-state index contributed by atoms with van der Waals surface area (Å²) in [7, 11) is -7.90. The molecule has 1 unspecified atom stereocenters. The number of sulfonamides is 1. The largest absolute Gasteiger partial charge is 0.312 e. The quantitative estimate of drug-likeness (QED) is 0.382. The molecule has 0 radical (unpaired) electrons. The minimum Gasteiger partial charge on any atom is -0.312 e. The van der Waals surface area contributed by atoms with Gasteiger partial charge in [-0.05, 0) is 19.1 Å². The summed E-state index contributed by atoms with van der Waals surface area (Å²) in [6.07, 6.45) is 0.